The molecule has 0 aliphatic rings. The minimum absolute atomic E-state index is 0.0163. The van der Waals surface area contributed by atoms with Crippen LogP contribution >= 0.6 is 11.8 Å². The number of hydrogen-bond donors (Lipinski definition) is 1. The Bertz CT molecular complexity index is 738. The molecule has 2 amide bonds. The number of thioether (sulfide) groups is 1. The number of hydrogen-bond acceptors (Lipinski definition) is 3. The van der Waals surface area contributed by atoms with Crippen LogP contribution in [0.1, 0.15) is 18.9 Å². The van der Waals surface area contributed by atoms with Crippen LogP contribution in [-0.2, 0) is 16.0 Å². The third-order valence-corrected chi connectivity index (χ3v) is 5.25. The van der Waals surface area contributed by atoms with Gasteiger partial charge < -0.3 is 10.2 Å². The monoisotopic (exact) mass is 388 g/mol. The first-order chi connectivity index (χ1) is 13.0. The smallest absolute Gasteiger partial charge is 0.235 e. The van der Waals surface area contributed by atoms with E-state index in [1.165, 1.54) is 41.6 Å². The number of nitrogens with one attached hydrogen (secondary N) is 1. The summed E-state index contributed by atoms with van der Waals surface area (Å²) in [6.07, 6.45) is 1.83. The molecule has 6 heteroatoms. The van der Waals surface area contributed by atoms with Crippen molar-refractivity contribution < 1.29 is 14.0 Å². The van der Waals surface area contributed by atoms with Gasteiger partial charge in [-0.1, -0.05) is 30.3 Å². The molecule has 0 saturated carbocycles. The average Bonchev–Trinajstić information content (AvgIpc) is 2.68. The van der Waals surface area contributed by atoms with Crippen LogP contribution in [0, 0.1) is 5.82 Å². The van der Waals surface area contributed by atoms with Crippen LogP contribution < -0.4 is 5.32 Å². The fraction of sp³-hybridized carbons (Fsp3) is 0.333. The van der Waals surface area contributed by atoms with Gasteiger partial charge in [-0.15, -0.1) is 11.8 Å². The molecule has 2 aromatic rings. The lowest BCUT2D eigenvalue weighted by Crippen LogP contribution is -2.34. The van der Waals surface area contributed by atoms with E-state index in [1.54, 1.807) is 11.9 Å². The molecule has 0 fully saturated rings. The maximum atomic E-state index is 12.9. The first-order valence-corrected chi connectivity index (χ1v) is 9.96. The average molecular weight is 389 g/mol. The molecule has 0 bridgehead atoms. The zero-order valence-corrected chi connectivity index (χ0v) is 16.5. The summed E-state index contributed by atoms with van der Waals surface area (Å²) in [7, 11) is 1.79. The number of aryl methyl sites for hydroxylation is 1. The summed E-state index contributed by atoms with van der Waals surface area (Å²) in [4.78, 5) is 26.1. The Morgan fingerprint density at radius 3 is 2.44 bits per heavy atom. The van der Waals surface area contributed by atoms with Crippen LogP contribution in [0.2, 0.25) is 0 Å². The predicted octanol–water partition coefficient (Wildman–Crippen LogP) is 3.98. The van der Waals surface area contributed by atoms with Gasteiger partial charge in [0, 0.05) is 19.3 Å². The zero-order chi connectivity index (χ0) is 19.6. The largest absolute Gasteiger partial charge is 0.345 e. The van der Waals surface area contributed by atoms with Crippen LogP contribution in [0.5, 0.6) is 0 Å². The first-order valence-electron chi connectivity index (χ1n) is 8.91. The lowest BCUT2D eigenvalue weighted by Gasteiger charge is -2.21. The summed E-state index contributed by atoms with van der Waals surface area (Å²) in [5, 5.41) is 2.39. The van der Waals surface area contributed by atoms with Gasteiger partial charge in [-0.2, -0.15) is 0 Å². The quantitative estimate of drug-likeness (QED) is 0.707. The van der Waals surface area contributed by atoms with Gasteiger partial charge >= 0.3 is 0 Å². The Kier molecular flexibility index (Phi) is 8.33. The van der Waals surface area contributed by atoms with Gasteiger partial charge in [0.25, 0.3) is 0 Å². The second-order valence-electron chi connectivity index (χ2n) is 6.36. The fourth-order valence-corrected chi connectivity index (χ4v) is 3.38. The van der Waals surface area contributed by atoms with Crippen LogP contribution in [0.25, 0.3) is 0 Å². The topological polar surface area (TPSA) is 49.4 Å². The second kappa shape index (κ2) is 10.7. The Morgan fingerprint density at radius 2 is 1.78 bits per heavy atom. The molecule has 1 unspecified atom stereocenters. The number of carbonyl (C=O) groups is 2. The standard InChI is InChI=1S/C21H25FN2O2S/c1-16(27-15-20(25)23-19-12-10-18(22)11-13-19)21(26)24(2)14-6-9-17-7-4-3-5-8-17/h3-5,7-8,10-13,16H,6,9,14-15H2,1-2H3,(H,23,25). The van der Waals surface area contributed by atoms with E-state index in [4.69, 9.17) is 0 Å². The highest BCUT2D eigenvalue weighted by molar-refractivity contribution is 8.01. The summed E-state index contributed by atoms with van der Waals surface area (Å²) < 4.78 is 12.9. The van der Waals surface area contributed by atoms with Gasteiger partial charge in [-0.3, -0.25) is 9.59 Å². The molecule has 1 atom stereocenters. The number of benzene rings is 2. The van der Waals surface area contributed by atoms with E-state index < -0.39 is 0 Å². The van der Waals surface area contributed by atoms with E-state index in [9.17, 15) is 14.0 Å². The van der Waals surface area contributed by atoms with Crippen molar-refractivity contribution in [3.8, 4) is 0 Å². The van der Waals surface area contributed by atoms with Crippen molar-refractivity contribution >= 4 is 29.3 Å². The summed E-state index contributed by atoms with van der Waals surface area (Å²) in [5.74, 6) is -0.375. The SMILES string of the molecule is CC(SCC(=O)Nc1ccc(F)cc1)C(=O)N(C)CCCc1ccccc1. The third-order valence-electron chi connectivity index (χ3n) is 4.12. The van der Waals surface area contributed by atoms with Gasteiger partial charge in [0.15, 0.2) is 0 Å². The van der Waals surface area contributed by atoms with Crippen LogP contribution in [-0.4, -0.2) is 41.3 Å². The molecule has 0 radical (unpaired) electrons. The fourth-order valence-electron chi connectivity index (χ4n) is 2.59. The van der Waals surface area contributed by atoms with Crippen molar-refractivity contribution in [1.82, 2.24) is 4.90 Å². The Labute approximate surface area is 164 Å². The molecule has 2 aromatic carbocycles. The van der Waals surface area contributed by atoms with E-state index in [-0.39, 0.29) is 28.6 Å². The van der Waals surface area contributed by atoms with Crippen LogP contribution in [0.15, 0.2) is 54.6 Å². The van der Waals surface area contributed by atoms with Crippen molar-refractivity contribution in [1.29, 1.82) is 0 Å². The summed E-state index contributed by atoms with van der Waals surface area (Å²) in [6, 6.07) is 15.8. The molecule has 1 N–H and O–H groups in total. The molecule has 0 aliphatic heterocycles. The van der Waals surface area contributed by atoms with Crippen molar-refractivity contribution in [3.63, 3.8) is 0 Å². The molecule has 4 nitrogen and oxygen atoms in total. The molecule has 0 spiro atoms. The molecular formula is C21H25FN2O2S. The normalized spacial score (nSPS) is 11.7. The van der Waals surface area contributed by atoms with Gasteiger partial charge in [-0.05, 0) is 49.6 Å². The predicted molar refractivity (Wildman–Crippen MR) is 109 cm³/mol. The Morgan fingerprint density at radius 1 is 1.11 bits per heavy atom. The molecule has 0 aromatic heterocycles. The maximum Gasteiger partial charge on any atom is 0.235 e. The number of halogens is 1. The highest BCUT2D eigenvalue weighted by Crippen LogP contribution is 2.15. The molecule has 27 heavy (non-hydrogen) atoms. The highest BCUT2D eigenvalue weighted by Gasteiger charge is 2.19. The van der Waals surface area contributed by atoms with Gasteiger partial charge in [-0.25, -0.2) is 4.39 Å². The number of carbonyl (C=O) groups excluding carboxylic acids is 2. The summed E-state index contributed by atoms with van der Waals surface area (Å²) in [6.45, 7) is 2.49. The number of nitrogens with zero attached hydrogens (tertiary/aromatic N) is 1. The van der Waals surface area contributed by atoms with E-state index in [1.807, 2.05) is 25.1 Å². The summed E-state index contributed by atoms with van der Waals surface area (Å²) >= 11 is 1.30. The second-order valence-corrected chi connectivity index (χ2v) is 7.69. The molecule has 2 rings (SSSR count). The van der Waals surface area contributed by atoms with E-state index in [0.717, 1.165) is 12.8 Å². The maximum absolute atomic E-state index is 12.9. The molecule has 0 saturated heterocycles. The number of amides is 2. The third kappa shape index (κ3) is 7.43. The van der Waals surface area contributed by atoms with Crippen molar-refractivity contribution in [2.75, 3.05) is 24.7 Å². The van der Waals surface area contributed by atoms with E-state index in [0.29, 0.717) is 12.2 Å². The van der Waals surface area contributed by atoms with Gasteiger partial charge in [0.05, 0.1) is 11.0 Å². The zero-order valence-electron chi connectivity index (χ0n) is 15.7. The Hall–Kier alpha value is -2.34. The van der Waals surface area contributed by atoms with Crippen molar-refractivity contribution in [2.45, 2.75) is 25.0 Å². The lowest BCUT2D eigenvalue weighted by atomic mass is 10.1. The van der Waals surface area contributed by atoms with Gasteiger partial charge in [0.2, 0.25) is 11.8 Å². The van der Waals surface area contributed by atoms with Crippen LogP contribution in [0.4, 0.5) is 10.1 Å². The molecule has 0 heterocycles. The first kappa shape index (κ1) is 21.0. The number of anilines is 1. The van der Waals surface area contributed by atoms with Crippen molar-refractivity contribution in [2.24, 2.45) is 0 Å². The van der Waals surface area contributed by atoms with E-state index >= 15 is 0 Å². The Balaban J connectivity index is 1.69. The molecular weight excluding hydrogens is 363 g/mol. The van der Waals surface area contributed by atoms with Crippen LogP contribution in [0.3, 0.4) is 0 Å². The lowest BCUT2D eigenvalue weighted by molar-refractivity contribution is -0.129. The summed E-state index contributed by atoms with van der Waals surface area (Å²) in [5.41, 5.74) is 1.80. The van der Waals surface area contributed by atoms with E-state index in [2.05, 4.69) is 17.4 Å². The number of rotatable bonds is 9. The minimum atomic E-state index is -0.350. The highest BCUT2D eigenvalue weighted by atomic mass is 32.2. The molecule has 0 aliphatic carbocycles. The van der Waals surface area contributed by atoms with Gasteiger partial charge in [0.1, 0.15) is 5.82 Å². The molecule has 144 valence electrons. The minimum Gasteiger partial charge on any atom is -0.345 e. The van der Waals surface area contributed by atoms with Crippen molar-refractivity contribution in [3.05, 3.63) is 66.0 Å².